The van der Waals surface area contributed by atoms with Gasteiger partial charge in [0.15, 0.2) is 0 Å². The van der Waals surface area contributed by atoms with E-state index in [1.54, 1.807) is 24.3 Å². The van der Waals surface area contributed by atoms with Crippen LogP contribution in [0.2, 0.25) is 0 Å². The molecule has 1 aromatic heterocycles. The number of hydrogen-bond donors (Lipinski definition) is 1. The van der Waals surface area contributed by atoms with Gasteiger partial charge in [0.25, 0.3) is 5.91 Å². The summed E-state index contributed by atoms with van der Waals surface area (Å²) in [7, 11) is 0. The van der Waals surface area contributed by atoms with E-state index < -0.39 is 17.6 Å². The molecule has 1 N–H and O–H groups in total. The highest BCUT2D eigenvalue weighted by Gasteiger charge is 2.31. The average Bonchev–Trinajstić information content (AvgIpc) is 3.15. The van der Waals surface area contributed by atoms with Crippen molar-refractivity contribution in [3.8, 4) is 5.69 Å². The second-order valence-electron chi connectivity index (χ2n) is 5.25. The van der Waals surface area contributed by atoms with E-state index in [-0.39, 0.29) is 11.4 Å². The number of alkyl halides is 3. The Balaban J connectivity index is 1.96. The number of hydrogen-bond acceptors (Lipinski definition) is 4. The van der Waals surface area contributed by atoms with Crippen LogP contribution >= 0.6 is 11.8 Å². The summed E-state index contributed by atoms with van der Waals surface area (Å²) >= 11 is 1.52. The average molecular weight is 378 g/mol. The van der Waals surface area contributed by atoms with Gasteiger partial charge in [0.1, 0.15) is 12.7 Å². The Morgan fingerprint density at radius 3 is 2.46 bits per heavy atom. The van der Waals surface area contributed by atoms with Crippen molar-refractivity contribution in [3.63, 3.8) is 0 Å². The van der Waals surface area contributed by atoms with Crippen molar-refractivity contribution in [3.05, 3.63) is 66.2 Å². The Hall–Kier alpha value is -2.81. The maximum atomic E-state index is 13.0. The van der Waals surface area contributed by atoms with Crippen LogP contribution < -0.4 is 5.32 Å². The highest BCUT2D eigenvalue weighted by atomic mass is 32.2. The topological polar surface area (TPSA) is 59.8 Å². The fourth-order valence-corrected chi connectivity index (χ4v) is 2.69. The number of nitrogens with zero attached hydrogens (tertiary/aromatic N) is 3. The normalized spacial score (nSPS) is 11.4. The first-order valence-corrected chi connectivity index (χ1v) is 8.62. The van der Waals surface area contributed by atoms with Gasteiger partial charge in [0, 0.05) is 10.5 Å². The molecule has 0 saturated carbocycles. The summed E-state index contributed by atoms with van der Waals surface area (Å²) in [5, 5.41) is 6.44. The van der Waals surface area contributed by atoms with Gasteiger partial charge in [-0.15, -0.1) is 11.8 Å². The number of halogens is 3. The van der Waals surface area contributed by atoms with Gasteiger partial charge < -0.3 is 5.32 Å². The van der Waals surface area contributed by atoms with Gasteiger partial charge in [-0.1, -0.05) is 0 Å². The third kappa shape index (κ3) is 3.88. The van der Waals surface area contributed by atoms with Crippen molar-refractivity contribution in [1.82, 2.24) is 14.8 Å². The van der Waals surface area contributed by atoms with E-state index in [1.807, 2.05) is 6.26 Å². The SMILES string of the molecule is CSc1ccc(C(=O)Nc2cc(C(F)(F)F)ccc2-n2cncn2)cc1. The van der Waals surface area contributed by atoms with E-state index >= 15 is 0 Å². The van der Waals surface area contributed by atoms with Crippen LogP contribution in [0, 0.1) is 0 Å². The summed E-state index contributed by atoms with van der Waals surface area (Å²) in [6.07, 6.45) is -0.0294. The number of rotatable bonds is 4. The van der Waals surface area contributed by atoms with E-state index in [4.69, 9.17) is 0 Å². The van der Waals surface area contributed by atoms with Gasteiger partial charge in [-0.25, -0.2) is 9.67 Å². The largest absolute Gasteiger partial charge is 0.416 e. The lowest BCUT2D eigenvalue weighted by atomic mass is 10.1. The van der Waals surface area contributed by atoms with E-state index in [1.165, 1.54) is 35.2 Å². The molecule has 5 nitrogen and oxygen atoms in total. The van der Waals surface area contributed by atoms with E-state index in [0.29, 0.717) is 5.56 Å². The molecular weight excluding hydrogens is 365 g/mol. The Bertz CT molecular complexity index is 909. The number of benzene rings is 2. The van der Waals surface area contributed by atoms with Crippen molar-refractivity contribution < 1.29 is 18.0 Å². The lowest BCUT2D eigenvalue weighted by Crippen LogP contribution is -2.15. The zero-order valence-electron chi connectivity index (χ0n) is 13.5. The smallest absolute Gasteiger partial charge is 0.320 e. The van der Waals surface area contributed by atoms with Crippen LogP contribution in [0.25, 0.3) is 5.69 Å². The van der Waals surface area contributed by atoms with Gasteiger partial charge in [-0.3, -0.25) is 4.79 Å². The quantitative estimate of drug-likeness (QED) is 0.689. The number of thioether (sulfide) groups is 1. The number of amides is 1. The highest BCUT2D eigenvalue weighted by Crippen LogP contribution is 2.33. The molecule has 0 atom stereocenters. The molecule has 0 unspecified atom stereocenters. The van der Waals surface area contributed by atoms with Crippen LogP contribution in [0.1, 0.15) is 15.9 Å². The lowest BCUT2D eigenvalue weighted by Gasteiger charge is -2.14. The Labute approximate surface area is 151 Å². The summed E-state index contributed by atoms with van der Waals surface area (Å²) in [6, 6.07) is 9.82. The fourth-order valence-electron chi connectivity index (χ4n) is 2.28. The molecule has 0 fully saturated rings. The van der Waals surface area contributed by atoms with Crippen LogP contribution in [0.5, 0.6) is 0 Å². The molecule has 0 saturated heterocycles. The molecule has 0 aliphatic rings. The Kier molecular flexibility index (Phi) is 4.99. The molecule has 26 heavy (non-hydrogen) atoms. The first kappa shape index (κ1) is 18.0. The maximum absolute atomic E-state index is 13.0. The number of anilines is 1. The van der Waals surface area contributed by atoms with Crippen molar-refractivity contribution in [1.29, 1.82) is 0 Å². The van der Waals surface area contributed by atoms with Gasteiger partial charge in [0.2, 0.25) is 0 Å². The van der Waals surface area contributed by atoms with Crippen LogP contribution in [0.4, 0.5) is 18.9 Å². The Morgan fingerprint density at radius 2 is 1.88 bits per heavy atom. The molecule has 0 spiro atoms. The number of carbonyl (C=O) groups excluding carboxylic acids is 1. The molecule has 0 radical (unpaired) electrons. The summed E-state index contributed by atoms with van der Waals surface area (Å²) < 4.78 is 40.4. The van der Waals surface area contributed by atoms with E-state index in [2.05, 4.69) is 15.4 Å². The van der Waals surface area contributed by atoms with Crippen LogP contribution in [0.15, 0.2) is 60.0 Å². The predicted molar refractivity (Wildman–Crippen MR) is 92.5 cm³/mol. The van der Waals surface area contributed by atoms with Gasteiger partial charge >= 0.3 is 6.18 Å². The Morgan fingerprint density at radius 1 is 1.15 bits per heavy atom. The van der Waals surface area contributed by atoms with Crippen LogP contribution in [-0.4, -0.2) is 26.9 Å². The van der Waals surface area contributed by atoms with Gasteiger partial charge in [-0.05, 0) is 48.7 Å². The summed E-state index contributed by atoms with van der Waals surface area (Å²) in [5.41, 5.74) is -0.256. The van der Waals surface area contributed by atoms with Gasteiger partial charge in [-0.2, -0.15) is 18.3 Å². The molecule has 3 rings (SSSR count). The monoisotopic (exact) mass is 378 g/mol. The number of aromatic nitrogens is 3. The van der Waals surface area contributed by atoms with E-state index in [0.717, 1.165) is 17.0 Å². The fraction of sp³-hybridized carbons (Fsp3) is 0.118. The van der Waals surface area contributed by atoms with Crippen molar-refractivity contribution in [2.45, 2.75) is 11.1 Å². The minimum atomic E-state index is -4.53. The van der Waals surface area contributed by atoms with Crippen molar-refractivity contribution >= 4 is 23.4 Å². The molecule has 2 aromatic carbocycles. The van der Waals surface area contributed by atoms with Crippen molar-refractivity contribution in [2.24, 2.45) is 0 Å². The zero-order chi connectivity index (χ0) is 18.7. The number of carbonyl (C=O) groups is 1. The molecule has 134 valence electrons. The minimum absolute atomic E-state index is 0.00994. The highest BCUT2D eigenvalue weighted by molar-refractivity contribution is 7.98. The molecule has 1 heterocycles. The molecule has 0 bridgehead atoms. The van der Waals surface area contributed by atoms with E-state index in [9.17, 15) is 18.0 Å². The summed E-state index contributed by atoms with van der Waals surface area (Å²) in [5.74, 6) is -0.515. The molecule has 9 heteroatoms. The second-order valence-corrected chi connectivity index (χ2v) is 6.13. The maximum Gasteiger partial charge on any atom is 0.416 e. The minimum Gasteiger partial charge on any atom is -0.320 e. The molecule has 3 aromatic rings. The van der Waals surface area contributed by atoms with Crippen molar-refractivity contribution in [2.75, 3.05) is 11.6 Å². The molecule has 1 amide bonds. The second kappa shape index (κ2) is 7.20. The predicted octanol–water partition coefficient (Wildman–Crippen LogP) is 4.26. The van der Waals surface area contributed by atoms with Crippen LogP contribution in [0.3, 0.4) is 0 Å². The standard InChI is InChI=1S/C17H13F3N4OS/c1-26-13-5-2-11(3-6-13)16(25)23-14-8-12(17(18,19)20)4-7-15(14)24-10-21-9-22-24/h2-10H,1H3,(H,23,25). The third-order valence-electron chi connectivity index (χ3n) is 3.59. The third-order valence-corrected chi connectivity index (χ3v) is 4.33. The molecule has 0 aliphatic heterocycles. The molecular formula is C17H13F3N4OS. The first-order valence-electron chi connectivity index (χ1n) is 7.40. The van der Waals surface area contributed by atoms with Crippen LogP contribution in [-0.2, 0) is 6.18 Å². The summed E-state index contributed by atoms with van der Waals surface area (Å²) in [6.45, 7) is 0. The summed E-state index contributed by atoms with van der Waals surface area (Å²) in [4.78, 5) is 17.2. The lowest BCUT2D eigenvalue weighted by molar-refractivity contribution is -0.137. The number of nitrogens with one attached hydrogen (secondary N) is 1. The molecule has 0 aliphatic carbocycles. The zero-order valence-corrected chi connectivity index (χ0v) is 14.3. The van der Waals surface area contributed by atoms with Gasteiger partial charge in [0.05, 0.1) is 16.9 Å². The first-order chi connectivity index (χ1) is 12.4.